The molecule has 0 unspecified atom stereocenters. The van der Waals surface area contributed by atoms with Gasteiger partial charge in [0.2, 0.25) is 10.0 Å². The zero-order valence-electron chi connectivity index (χ0n) is 11.6. The van der Waals surface area contributed by atoms with E-state index in [0.29, 0.717) is 18.7 Å². The van der Waals surface area contributed by atoms with Crippen LogP contribution in [0.1, 0.15) is 43.9 Å². The highest BCUT2D eigenvalue weighted by Crippen LogP contribution is 2.18. The Balaban J connectivity index is 3.08. The lowest BCUT2D eigenvalue weighted by Crippen LogP contribution is -2.33. The van der Waals surface area contributed by atoms with Gasteiger partial charge in [0.15, 0.2) is 5.69 Å². The number of aryl methyl sites for hydroxylation is 1. The van der Waals surface area contributed by atoms with Crippen LogP contribution in [-0.4, -0.2) is 31.1 Å². The normalized spacial score (nSPS) is 12.5. The summed E-state index contributed by atoms with van der Waals surface area (Å²) in [6.07, 6.45) is 0.394. The molecule has 0 aliphatic carbocycles. The summed E-state index contributed by atoms with van der Waals surface area (Å²) in [4.78, 5) is 11.8. The van der Waals surface area contributed by atoms with Gasteiger partial charge in [-0.3, -0.25) is 9.89 Å². The van der Waals surface area contributed by atoms with Crippen LogP contribution >= 0.6 is 0 Å². The second kappa shape index (κ2) is 5.30. The molecule has 8 heteroatoms. The van der Waals surface area contributed by atoms with E-state index < -0.39 is 15.9 Å². The number of nitrogens with two attached hydrogens (primary N) is 1. The molecule has 0 atom stereocenters. The van der Waals surface area contributed by atoms with Gasteiger partial charge in [-0.25, -0.2) is 13.6 Å². The molecule has 0 aromatic carbocycles. The number of carbonyl (C=O) groups excluding carboxylic acids is 1. The van der Waals surface area contributed by atoms with Crippen LogP contribution in [0.15, 0.2) is 4.90 Å². The van der Waals surface area contributed by atoms with E-state index in [1.54, 1.807) is 6.92 Å². The van der Waals surface area contributed by atoms with Gasteiger partial charge in [0, 0.05) is 6.54 Å². The number of rotatable bonds is 4. The Morgan fingerprint density at radius 3 is 2.42 bits per heavy atom. The van der Waals surface area contributed by atoms with Crippen molar-refractivity contribution in [1.29, 1.82) is 0 Å². The van der Waals surface area contributed by atoms with Crippen LogP contribution in [0.3, 0.4) is 0 Å². The van der Waals surface area contributed by atoms with E-state index in [-0.39, 0.29) is 16.0 Å². The first-order valence-electron chi connectivity index (χ1n) is 5.94. The lowest BCUT2D eigenvalue weighted by molar-refractivity contribution is 0.0931. The first-order chi connectivity index (χ1) is 8.56. The fourth-order valence-corrected chi connectivity index (χ4v) is 2.44. The molecule has 0 saturated heterocycles. The van der Waals surface area contributed by atoms with Crippen molar-refractivity contribution in [2.45, 2.75) is 39.0 Å². The largest absolute Gasteiger partial charge is 0.350 e. The van der Waals surface area contributed by atoms with Crippen molar-refractivity contribution < 1.29 is 13.2 Å². The molecule has 1 rings (SSSR count). The van der Waals surface area contributed by atoms with Gasteiger partial charge in [-0.2, -0.15) is 5.10 Å². The summed E-state index contributed by atoms with van der Waals surface area (Å²) >= 11 is 0. The molecule has 0 fully saturated rings. The monoisotopic (exact) mass is 288 g/mol. The zero-order chi connectivity index (χ0) is 14.8. The van der Waals surface area contributed by atoms with Crippen molar-refractivity contribution in [3.05, 3.63) is 11.4 Å². The number of primary sulfonamides is 1. The summed E-state index contributed by atoms with van der Waals surface area (Å²) in [6, 6.07) is 0. The lowest BCUT2D eigenvalue weighted by Gasteiger charge is -2.18. The van der Waals surface area contributed by atoms with Crippen LogP contribution < -0.4 is 10.5 Å². The van der Waals surface area contributed by atoms with Gasteiger partial charge < -0.3 is 5.32 Å². The number of nitrogens with one attached hydrogen (secondary N) is 2. The number of aromatic nitrogens is 2. The van der Waals surface area contributed by atoms with Crippen molar-refractivity contribution >= 4 is 15.9 Å². The Bertz CT molecular complexity index is 569. The van der Waals surface area contributed by atoms with Crippen LogP contribution in [0.5, 0.6) is 0 Å². The zero-order valence-corrected chi connectivity index (χ0v) is 12.4. The molecule has 0 saturated carbocycles. The fraction of sp³-hybridized carbons (Fsp3) is 0.636. The molecule has 0 aliphatic rings. The quantitative estimate of drug-likeness (QED) is 0.743. The third-order valence-corrected chi connectivity index (χ3v) is 3.43. The van der Waals surface area contributed by atoms with E-state index in [0.717, 1.165) is 0 Å². The second-order valence-electron chi connectivity index (χ2n) is 5.52. The Hall–Kier alpha value is -1.41. The highest BCUT2D eigenvalue weighted by atomic mass is 32.2. The Morgan fingerprint density at radius 1 is 1.42 bits per heavy atom. The van der Waals surface area contributed by atoms with Crippen molar-refractivity contribution in [3.8, 4) is 0 Å². The predicted molar refractivity (Wildman–Crippen MR) is 71.1 cm³/mol. The third-order valence-electron chi connectivity index (χ3n) is 2.42. The molecular weight excluding hydrogens is 268 g/mol. The number of hydrogen-bond donors (Lipinski definition) is 3. The Kier molecular flexibility index (Phi) is 4.36. The van der Waals surface area contributed by atoms with Crippen molar-refractivity contribution in [2.24, 2.45) is 10.6 Å². The summed E-state index contributed by atoms with van der Waals surface area (Å²) in [5.41, 5.74) is 0.0495. The lowest BCUT2D eigenvalue weighted by atomic mass is 9.97. The highest BCUT2D eigenvalue weighted by molar-refractivity contribution is 7.89. The van der Waals surface area contributed by atoms with Gasteiger partial charge in [0.25, 0.3) is 5.91 Å². The maximum Gasteiger partial charge on any atom is 0.273 e. The summed E-state index contributed by atoms with van der Waals surface area (Å²) in [6.45, 7) is 8.02. The van der Waals surface area contributed by atoms with E-state index in [9.17, 15) is 13.2 Å². The Morgan fingerprint density at radius 2 is 2.00 bits per heavy atom. The number of sulfonamides is 1. The molecule has 0 aliphatic heterocycles. The summed E-state index contributed by atoms with van der Waals surface area (Å²) in [7, 11) is -3.99. The first-order valence-corrected chi connectivity index (χ1v) is 7.49. The number of nitrogens with zero attached hydrogens (tertiary/aromatic N) is 1. The molecule has 1 heterocycles. The van der Waals surface area contributed by atoms with Gasteiger partial charge in [-0.1, -0.05) is 27.7 Å². The van der Waals surface area contributed by atoms with Crippen LogP contribution in [-0.2, 0) is 16.4 Å². The fourth-order valence-electron chi connectivity index (χ4n) is 1.50. The minimum Gasteiger partial charge on any atom is -0.350 e. The predicted octanol–water partition coefficient (Wildman–Crippen LogP) is 0.395. The summed E-state index contributed by atoms with van der Waals surface area (Å²) < 4.78 is 23.1. The average molecular weight is 288 g/mol. The van der Waals surface area contributed by atoms with Gasteiger partial charge in [-0.05, 0) is 11.8 Å². The maximum atomic E-state index is 12.0. The molecule has 0 radical (unpaired) electrons. The van der Waals surface area contributed by atoms with Crippen LogP contribution in [0, 0.1) is 5.41 Å². The van der Waals surface area contributed by atoms with Gasteiger partial charge in [-0.15, -0.1) is 0 Å². The highest BCUT2D eigenvalue weighted by Gasteiger charge is 2.27. The number of carbonyl (C=O) groups is 1. The molecule has 7 nitrogen and oxygen atoms in total. The molecular formula is C11H20N4O3S. The van der Waals surface area contributed by atoms with Crippen molar-refractivity contribution in [1.82, 2.24) is 15.5 Å². The van der Waals surface area contributed by atoms with Gasteiger partial charge >= 0.3 is 0 Å². The molecule has 1 amide bonds. The number of amides is 1. The molecule has 108 valence electrons. The van der Waals surface area contributed by atoms with E-state index in [1.807, 2.05) is 20.8 Å². The van der Waals surface area contributed by atoms with E-state index >= 15 is 0 Å². The van der Waals surface area contributed by atoms with Crippen LogP contribution in [0.4, 0.5) is 0 Å². The minimum absolute atomic E-state index is 0.110. The molecule has 1 aromatic rings. The summed E-state index contributed by atoms with van der Waals surface area (Å²) in [5, 5.41) is 14.1. The SMILES string of the molecule is CCc1[nH]nc(C(=O)NCC(C)(C)C)c1S(N)(=O)=O. The smallest absolute Gasteiger partial charge is 0.273 e. The first kappa shape index (κ1) is 15.6. The van der Waals surface area contributed by atoms with Gasteiger partial charge in [0.1, 0.15) is 4.90 Å². The number of aromatic amines is 1. The van der Waals surface area contributed by atoms with Crippen molar-refractivity contribution in [2.75, 3.05) is 6.54 Å². The molecule has 0 spiro atoms. The van der Waals surface area contributed by atoms with E-state index in [4.69, 9.17) is 5.14 Å². The standard InChI is InChI=1S/C11H20N4O3S/c1-5-7-9(19(12,17)18)8(15-14-7)10(16)13-6-11(2,3)4/h5-6H2,1-4H3,(H,13,16)(H,14,15)(H2,12,17,18). The molecule has 1 aromatic heterocycles. The molecule has 4 N–H and O–H groups in total. The minimum atomic E-state index is -3.99. The van der Waals surface area contributed by atoms with Crippen LogP contribution in [0.2, 0.25) is 0 Å². The van der Waals surface area contributed by atoms with Crippen molar-refractivity contribution in [3.63, 3.8) is 0 Å². The summed E-state index contributed by atoms with van der Waals surface area (Å²) in [5.74, 6) is -0.546. The average Bonchev–Trinajstić information content (AvgIpc) is 2.68. The van der Waals surface area contributed by atoms with Gasteiger partial charge in [0.05, 0.1) is 5.69 Å². The maximum absolute atomic E-state index is 12.0. The topological polar surface area (TPSA) is 118 Å². The van der Waals surface area contributed by atoms with Crippen LogP contribution in [0.25, 0.3) is 0 Å². The van der Waals surface area contributed by atoms with E-state index in [2.05, 4.69) is 15.5 Å². The molecule has 19 heavy (non-hydrogen) atoms. The number of hydrogen-bond acceptors (Lipinski definition) is 4. The Labute approximate surface area is 113 Å². The third kappa shape index (κ3) is 4.03. The second-order valence-corrected chi connectivity index (χ2v) is 7.02. The van der Waals surface area contributed by atoms with E-state index in [1.165, 1.54) is 0 Å². The number of H-pyrrole nitrogens is 1. The molecule has 0 bridgehead atoms.